The highest BCUT2D eigenvalue weighted by molar-refractivity contribution is 7.79. The second kappa shape index (κ2) is 9.12. The van der Waals surface area contributed by atoms with Crippen LogP contribution >= 0.6 is 38.4 Å². The molecular formula is C10H22Cl2O6P2. The van der Waals surface area contributed by atoms with Gasteiger partial charge in [-0.3, -0.25) is 9.13 Å². The van der Waals surface area contributed by atoms with Gasteiger partial charge in [0.1, 0.15) is 0 Å². The third kappa shape index (κ3) is 5.26. The van der Waals surface area contributed by atoms with E-state index in [0.717, 1.165) is 0 Å². The molecule has 10 heteroatoms. The van der Waals surface area contributed by atoms with Crippen molar-refractivity contribution < 1.29 is 27.6 Å². The first-order valence-electron chi connectivity index (χ1n) is 6.43. The molecule has 1 atom stereocenters. The van der Waals surface area contributed by atoms with Crippen molar-refractivity contribution in [2.24, 2.45) is 0 Å². The van der Waals surface area contributed by atoms with E-state index in [1.54, 1.807) is 20.8 Å². The maximum atomic E-state index is 12.6. The summed E-state index contributed by atoms with van der Waals surface area (Å²) in [5, 5.41) is 0. The molecule has 0 aromatic carbocycles. The minimum absolute atomic E-state index is 0.0377. The summed E-state index contributed by atoms with van der Waals surface area (Å²) in [6.07, 6.45) is 1.52. The Balaban J connectivity index is 5.29. The number of hydrogen-bond donors (Lipinski definition) is 1. The van der Waals surface area contributed by atoms with Crippen LogP contribution in [0.2, 0.25) is 0 Å². The number of alkyl halides is 2. The third-order valence-corrected chi connectivity index (χ3v) is 9.00. The van der Waals surface area contributed by atoms with Crippen molar-refractivity contribution in [2.75, 3.05) is 19.8 Å². The second-order valence-electron chi connectivity index (χ2n) is 4.03. The molecule has 0 fully saturated rings. The molecule has 20 heavy (non-hydrogen) atoms. The van der Waals surface area contributed by atoms with Crippen LogP contribution in [-0.2, 0) is 22.7 Å². The topological polar surface area (TPSA) is 82.1 Å². The maximum absolute atomic E-state index is 12.6. The molecule has 6 nitrogen and oxygen atoms in total. The third-order valence-electron chi connectivity index (χ3n) is 2.07. The zero-order valence-electron chi connectivity index (χ0n) is 11.9. The summed E-state index contributed by atoms with van der Waals surface area (Å²) in [6.45, 7) is 5.33. The highest BCUT2D eigenvalue weighted by Crippen LogP contribution is 2.79. The highest BCUT2D eigenvalue weighted by atomic mass is 35.5. The van der Waals surface area contributed by atoms with Gasteiger partial charge in [-0.25, -0.2) is 0 Å². The predicted octanol–water partition coefficient (Wildman–Crippen LogP) is 4.73. The lowest BCUT2D eigenvalue weighted by Gasteiger charge is -2.31. The molecule has 0 bridgehead atoms. The minimum atomic E-state index is -4.60. The molecule has 0 heterocycles. The van der Waals surface area contributed by atoms with Crippen molar-refractivity contribution in [1.82, 2.24) is 0 Å². The molecule has 0 aliphatic rings. The molecule has 0 saturated heterocycles. The molecular weight excluding hydrogens is 349 g/mol. The van der Waals surface area contributed by atoms with Gasteiger partial charge in [0, 0.05) is 0 Å². The van der Waals surface area contributed by atoms with Crippen molar-refractivity contribution in [3.05, 3.63) is 0 Å². The van der Waals surface area contributed by atoms with Crippen molar-refractivity contribution >= 4 is 38.4 Å². The first-order chi connectivity index (χ1) is 9.18. The van der Waals surface area contributed by atoms with Crippen molar-refractivity contribution in [3.63, 3.8) is 0 Å². The Morgan fingerprint density at radius 3 is 1.60 bits per heavy atom. The van der Waals surface area contributed by atoms with Crippen LogP contribution in [-0.4, -0.2) is 28.5 Å². The summed E-state index contributed by atoms with van der Waals surface area (Å²) >= 11 is 11.7. The molecule has 122 valence electrons. The smallest absolute Gasteiger partial charge is 0.322 e. The van der Waals surface area contributed by atoms with E-state index < -0.39 is 19.0 Å². The van der Waals surface area contributed by atoms with Gasteiger partial charge >= 0.3 is 19.0 Å². The Morgan fingerprint density at radius 2 is 1.25 bits per heavy atom. The molecule has 0 radical (unpaired) electrons. The summed E-state index contributed by atoms with van der Waals surface area (Å²) in [4.78, 5) is 9.84. The predicted molar refractivity (Wildman–Crippen MR) is 80.6 cm³/mol. The van der Waals surface area contributed by atoms with Crippen LogP contribution in [0.5, 0.6) is 0 Å². The molecule has 0 aromatic rings. The highest BCUT2D eigenvalue weighted by Gasteiger charge is 2.63. The molecule has 0 amide bonds. The molecule has 1 unspecified atom stereocenters. The zero-order chi connectivity index (χ0) is 15.9. The van der Waals surface area contributed by atoms with Gasteiger partial charge in [0.05, 0.1) is 19.8 Å². The van der Waals surface area contributed by atoms with Gasteiger partial charge < -0.3 is 18.5 Å². The first-order valence-corrected chi connectivity index (χ1v) is 10.3. The fraction of sp³-hybridized carbons (Fsp3) is 1.00. The standard InChI is InChI=1S/C10H22Cl2O6P2/c1-4-7-16-19(13,14)10(11,12)20(15,17-8-5-2)18-9-6-3/h4-9H2,1-3H3,(H,13,14). The maximum Gasteiger partial charge on any atom is 0.379 e. The summed E-state index contributed by atoms with van der Waals surface area (Å²) in [5.74, 6) is 0. The molecule has 0 aromatic heterocycles. The van der Waals surface area contributed by atoms with Crippen LogP contribution in [0.25, 0.3) is 0 Å². The lowest BCUT2D eigenvalue weighted by atomic mass is 10.5. The van der Waals surface area contributed by atoms with E-state index in [2.05, 4.69) is 0 Å². The van der Waals surface area contributed by atoms with E-state index in [4.69, 9.17) is 36.8 Å². The number of hydrogen-bond acceptors (Lipinski definition) is 5. The molecule has 1 N–H and O–H groups in total. The van der Waals surface area contributed by atoms with Gasteiger partial charge in [0.25, 0.3) is 0 Å². The van der Waals surface area contributed by atoms with Gasteiger partial charge in [0.2, 0.25) is 0 Å². The summed E-state index contributed by atoms with van der Waals surface area (Å²) in [6, 6.07) is 0. The average Bonchev–Trinajstić information content (AvgIpc) is 2.40. The first kappa shape index (κ1) is 20.9. The van der Waals surface area contributed by atoms with E-state index in [9.17, 15) is 14.0 Å². The van der Waals surface area contributed by atoms with Gasteiger partial charge in [-0.05, 0) is 19.3 Å². The van der Waals surface area contributed by atoms with Gasteiger partial charge in [0.15, 0.2) is 0 Å². The van der Waals surface area contributed by atoms with Crippen LogP contribution < -0.4 is 0 Å². The SMILES string of the molecule is CCCOP(=O)(O)C(Cl)(Cl)P(=O)(OCCC)OCCC. The fourth-order valence-corrected chi connectivity index (χ4v) is 5.52. The van der Waals surface area contributed by atoms with Crippen molar-refractivity contribution in [3.8, 4) is 0 Å². The fourth-order valence-electron chi connectivity index (χ4n) is 1.06. The van der Waals surface area contributed by atoms with Crippen LogP contribution in [0.15, 0.2) is 0 Å². The lowest BCUT2D eigenvalue weighted by molar-refractivity contribution is 0.198. The quantitative estimate of drug-likeness (QED) is 0.418. The molecule has 0 rings (SSSR count). The molecule has 0 spiro atoms. The normalized spacial score (nSPS) is 16.1. The van der Waals surface area contributed by atoms with Crippen LogP contribution in [0, 0.1) is 0 Å². The number of halogens is 2. The van der Waals surface area contributed by atoms with Crippen molar-refractivity contribution in [1.29, 1.82) is 0 Å². The van der Waals surface area contributed by atoms with Gasteiger partial charge in [-0.1, -0.05) is 44.0 Å². The lowest BCUT2D eigenvalue weighted by Crippen LogP contribution is -2.20. The van der Waals surface area contributed by atoms with E-state index in [1.165, 1.54) is 0 Å². The Labute approximate surface area is 130 Å². The Hall–Kier alpha value is 0.880. The van der Waals surface area contributed by atoms with E-state index in [1.807, 2.05) is 0 Å². The Kier molecular flexibility index (Phi) is 9.52. The second-order valence-corrected chi connectivity index (χ2v) is 10.9. The van der Waals surface area contributed by atoms with Gasteiger partial charge in [-0.2, -0.15) is 0 Å². The Morgan fingerprint density at radius 1 is 0.900 bits per heavy atom. The van der Waals surface area contributed by atoms with Crippen LogP contribution in [0.3, 0.4) is 0 Å². The summed E-state index contributed by atoms with van der Waals surface area (Å²) < 4.78 is 37.0. The summed E-state index contributed by atoms with van der Waals surface area (Å²) in [5.41, 5.74) is 0. The molecule has 0 aliphatic heterocycles. The summed E-state index contributed by atoms with van der Waals surface area (Å²) in [7, 11) is -8.82. The van der Waals surface area contributed by atoms with Gasteiger partial charge in [-0.15, -0.1) is 0 Å². The van der Waals surface area contributed by atoms with Crippen molar-refractivity contribution in [2.45, 2.75) is 43.8 Å². The largest absolute Gasteiger partial charge is 0.379 e. The van der Waals surface area contributed by atoms with Crippen LogP contribution in [0.1, 0.15) is 40.0 Å². The molecule has 0 aliphatic carbocycles. The van der Waals surface area contributed by atoms with E-state index >= 15 is 0 Å². The zero-order valence-corrected chi connectivity index (χ0v) is 15.2. The van der Waals surface area contributed by atoms with E-state index in [-0.39, 0.29) is 19.8 Å². The monoisotopic (exact) mass is 370 g/mol. The average molecular weight is 371 g/mol. The van der Waals surface area contributed by atoms with Crippen LogP contribution in [0.4, 0.5) is 0 Å². The molecule has 0 saturated carbocycles. The number of rotatable bonds is 11. The Bertz CT molecular complexity index is 365. The van der Waals surface area contributed by atoms with E-state index in [0.29, 0.717) is 19.3 Å². The minimum Gasteiger partial charge on any atom is -0.322 e.